The molecule has 6 heteroatoms. The third-order valence-corrected chi connectivity index (χ3v) is 4.17. The van der Waals surface area contributed by atoms with Gasteiger partial charge in [0.2, 0.25) is 0 Å². The second-order valence-electron chi connectivity index (χ2n) is 5.11. The maximum Gasteiger partial charge on any atom is 0.251 e. The van der Waals surface area contributed by atoms with Gasteiger partial charge >= 0.3 is 0 Å². The van der Waals surface area contributed by atoms with Gasteiger partial charge in [-0.2, -0.15) is 0 Å². The molecule has 0 spiro atoms. The molecule has 108 valence electrons. The topological polar surface area (TPSA) is 87.7 Å². The number of carbonyl (C=O) groups is 1. The highest BCUT2D eigenvalue weighted by Crippen LogP contribution is 2.26. The van der Waals surface area contributed by atoms with Gasteiger partial charge in [0.25, 0.3) is 5.91 Å². The van der Waals surface area contributed by atoms with Gasteiger partial charge in [0.05, 0.1) is 0 Å². The Balaban J connectivity index is 2.09. The van der Waals surface area contributed by atoms with Crippen molar-refractivity contribution in [1.82, 2.24) is 5.32 Å². The number of halogens is 1. The van der Waals surface area contributed by atoms with Crippen molar-refractivity contribution < 1.29 is 10.0 Å². The summed E-state index contributed by atoms with van der Waals surface area (Å²) in [7, 11) is 0. The molecule has 1 amide bonds. The van der Waals surface area contributed by atoms with Crippen LogP contribution in [0.15, 0.2) is 23.4 Å². The summed E-state index contributed by atoms with van der Waals surface area (Å²) in [4.78, 5) is 12.2. The molecule has 0 heterocycles. The van der Waals surface area contributed by atoms with Gasteiger partial charge in [-0.1, -0.05) is 29.2 Å². The lowest BCUT2D eigenvalue weighted by Crippen LogP contribution is -2.42. The van der Waals surface area contributed by atoms with E-state index >= 15 is 0 Å². The maximum atomic E-state index is 12.2. The summed E-state index contributed by atoms with van der Waals surface area (Å²) in [6.07, 6.45) is 2.59. The minimum Gasteiger partial charge on any atom is -0.409 e. The standard InChI is InChI=1S/C14H18ClN3O2/c1-8-5-6-9(7-11(8)15)14(19)17-12-4-2-3-10(12)13(16)18-20/h5-7,10,12,20H,2-4H2,1H3,(H2,16,18)(H,17,19). The van der Waals surface area contributed by atoms with E-state index in [-0.39, 0.29) is 23.7 Å². The van der Waals surface area contributed by atoms with Crippen LogP contribution in [0, 0.1) is 12.8 Å². The Bertz CT molecular complexity index is 545. The highest BCUT2D eigenvalue weighted by Gasteiger charge is 2.31. The first-order chi connectivity index (χ1) is 9.52. The Morgan fingerprint density at radius 2 is 2.25 bits per heavy atom. The molecule has 2 unspecified atom stereocenters. The number of aryl methyl sites for hydroxylation is 1. The average molecular weight is 296 g/mol. The molecule has 2 rings (SSSR count). The molecule has 0 aromatic heterocycles. The molecule has 20 heavy (non-hydrogen) atoms. The largest absolute Gasteiger partial charge is 0.409 e. The molecule has 4 N–H and O–H groups in total. The van der Waals surface area contributed by atoms with Crippen molar-refractivity contribution in [2.75, 3.05) is 0 Å². The zero-order valence-electron chi connectivity index (χ0n) is 11.3. The lowest BCUT2D eigenvalue weighted by Gasteiger charge is -2.20. The van der Waals surface area contributed by atoms with Crippen molar-refractivity contribution in [3.8, 4) is 0 Å². The van der Waals surface area contributed by atoms with E-state index in [9.17, 15) is 4.79 Å². The summed E-state index contributed by atoms with van der Waals surface area (Å²) in [6, 6.07) is 5.11. The summed E-state index contributed by atoms with van der Waals surface area (Å²) >= 11 is 6.02. The predicted octanol–water partition coefficient (Wildman–Crippen LogP) is 2.29. The molecule has 1 aliphatic carbocycles. The van der Waals surface area contributed by atoms with Crippen molar-refractivity contribution in [1.29, 1.82) is 0 Å². The smallest absolute Gasteiger partial charge is 0.251 e. The molecular formula is C14H18ClN3O2. The monoisotopic (exact) mass is 295 g/mol. The van der Waals surface area contributed by atoms with E-state index in [1.54, 1.807) is 12.1 Å². The number of nitrogens with zero attached hydrogens (tertiary/aromatic N) is 1. The van der Waals surface area contributed by atoms with E-state index < -0.39 is 0 Å². The molecule has 2 atom stereocenters. The average Bonchev–Trinajstić information content (AvgIpc) is 2.89. The quantitative estimate of drug-likeness (QED) is 0.346. The maximum absolute atomic E-state index is 12.2. The fourth-order valence-corrected chi connectivity index (χ4v) is 2.73. The van der Waals surface area contributed by atoms with Gasteiger partial charge in [0.15, 0.2) is 0 Å². The van der Waals surface area contributed by atoms with E-state index in [1.165, 1.54) is 0 Å². The highest BCUT2D eigenvalue weighted by molar-refractivity contribution is 6.31. The summed E-state index contributed by atoms with van der Waals surface area (Å²) in [5, 5.41) is 15.3. The molecule has 1 aromatic carbocycles. The number of carbonyl (C=O) groups excluding carboxylic acids is 1. The third-order valence-electron chi connectivity index (χ3n) is 3.76. The van der Waals surface area contributed by atoms with Crippen LogP contribution >= 0.6 is 11.6 Å². The number of amides is 1. The molecule has 1 saturated carbocycles. The van der Waals surface area contributed by atoms with Gasteiger partial charge in [0.1, 0.15) is 5.84 Å². The number of oxime groups is 1. The summed E-state index contributed by atoms with van der Waals surface area (Å²) in [5.74, 6) is -0.117. The predicted molar refractivity (Wildman–Crippen MR) is 78.2 cm³/mol. The number of rotatable bonds is 3. The number of benzene rings is 1. The van der Waals surface area contributed by atoms with Gasteiger partial charge in [-0.05, 0) is 37.5 Å². The minimum atomic E-state index is -0.186. The molecule has 0 bridgehead atoms. The van der Waals surface area contributed by atoms with Crippen LogP contribution in [-0.4, -0.2) is 23.0 Å². The van der Waals surface area contributed by atoms with Crippen molar-refractivity contribution in [2.24, 2.45) is 16.8 Å². The first kappa shape index (κ1) is 14.7. The van der Waals surface area contributed by atoms with Crippen LogP contribution in [0.25, 0.3) is 0 Å². The first-order valence-electron chi connectivity index (χ1n) is 6.57. The van der Waals surface area contributed by atoms with Crippen LogP contribution in [0.1, 0.15) is 35.2 Å². The molecule has 1 aliphatic rings. The van der Waals surface area contributed by atoms with Gasteiger partial charge in [0, 0.05) is 22.5 Å². The van der Waals surface area contributed by atoms with Crippen LogP contribution in [0.2, 0.25) is 5.02 Å². The molecule has 0 aliphatic heterocycles. The van der Waals surface area contributed by atoms with Gasteiger partial charge in [-0.25, -0.2) is 0 Å². The summed E-state index contributed by atoms with van der Waals surface area (Å²) in [5.41, 5.74) is 7.10. The molecule has 0 saturated heterocycles. The second kappa shape index (κ2) is 6.13. The Kier molecular flexibility index (Phi) is 4.49. The van der Waals surface area contributed by atoms with Crippen LogP contribution in [0.5, 0.6) is 0 Å². The molecular weight excluding hydrogens is 278 g/mol. The first-order valence-corrected chi connectivity index (χ1v) is 6.95. The highest BCUT2D eigenvalue weighted by atomic mass is 35.5. The van der Waals surface area contributed by atoms with Crippen LogP contribution in [0.4, 0.5) is 0 Å². The van der Waals surface area contributed by atoms with Crippen molar-refractivity contribution >= 4 is 23.3 Å². The van der Waals surface area contributed by atoms with E-state index in [4.69, 9.17) is 22.5 Å². The summed E-state index contributed by atoms with van der Waals surface area (Å²) < 4.78 is 0. The molecule has 1 fully saturated rings. The second-order valence-corrected chi connectivity index (χ2v) is 5.51. The lowest BCUT2D eigenvalue weighted by molar-refractivity contribution is 0.0933. The number of hydrogen-bond donors (Lipinski definition) is 3. The van der Waals surface area contributed by atoms with Crippen LogP contribution < -0.4 is 11.1 Å². The van der Waals surface area contributed by atoms with E-state index in [2.05, 4.69) is 10.5 Å². The van der Waals surface area contributed by atoms with E-state index in [0.717, 1.165) is 24.8 Å². The molecule has 1 aromatic rings. The zero-order chi connectivity index (χ0) is 14.7. The van der Waals surface area contributed by atoms with Gasteiger partial charge < -0.3 is 16.3 Å². The Morgan fingerprint density at radius 3 is 2.90 bits per heavy atom. The molecule has 0 radical (unpaired) electrons. The molecule has 5 nitrogen and oxygen atoms in total. The Hall–Kier alpha value is -1.75. The SMILES string of the molecule is Cc1ccc(C(=O)NC2CCCC2C(N)=NO)cc1Cl. The van der Waals surface area contributed by atoms with Gasteiger partial charge in [-0.3, -0.25) is 4.79 Å². The number of hydrogen-bond acceptors (Lipinski definition) is 3. The normalized spacial score (nSPS) is 22.8. The van der Waals surface area contributed by atoms with Crippen molar-refractivity contribution in [3.63, 3.8) is 0 Å². The zero-order valence-corrected chi connectivity index (χ0v) is 12.0. The minimum absolute atomic E-state index is 0.0986. The number of amidine groups is 1. The van der Waals surface area contributed by atoms with Crippen molar-refractivity contribution in [3.05, 3.63) is 34.3 Å². The van der Waals surface area contributed by atoms with Crippen LogP contribution in [-0.2, 0) is 0 Å². The third kappa shape index (κ3) is 3.04. The van der Waals surface area contributed by atoms with Crippen molar-refractivity contribution in [2.45, 2.75) is 32.2 Å². The number of nitrogens with one attached hydrogen (secondary N) is 1. The van der Waals surface area contributed by atoms with E-state index in [1.807, 2.05) is 13.0 Å². The van der Waals surface area contributed by atoms with E-state index in [0.29, 0.717) is 10.6 Å². The fourth-order valence-electron chi connectivity index (χ4n) is 2.55. The Labute approximate surface area is 122 Å². The lowest BCUT2D eigenvalue weighted by atomic mass is 10.0. The van der Waals surface area contributed by atoms with Crippen LogP contribution in [0.3, 0.4) is 0 Å². The number of nitrogens with two attached hydrogens (primary N) is 1. The van der Waals surface area contributed by atoms with Gasteiger partial charge in [-0.15, -0.1) is 0 Å². The Morgan fingerprint density at radius 1 is 1.50 bits per heavy atom. The fraction of sp³-hybridized carbons (Fsp3) is 0.429. The summed E-state index contributed by atoms with van der Waals surface area (Å²) in [6.45, 7) is 1.88.